The van der Waals surface area contributed by atoms with E-state index in [2.05, 4.69) is 10.1 Å². The molecule has 2 aromatic carbocycles. The van der Waals surface area contributed by atoms with Crippen molar-refractivity contribution < 1.29 is 23.0 Å². The number of anilines is 1. The molecular weight excluding hydrogens is 401 g/mol. The highest BCUT2D eigenvalue weighted by molar-refractivity contribution is 6.44. The number of amides is 1. The van der Waals surface area contributed by atoms with Crippen molar-refractivity contribution in [2.24, 2.45) is 0 Å². The van der Waals surface area contributed by atoms with Gasteiger partial charge in [-0.05, 0) is 35.9 Å². The first-order chi connectivity index (χ1) is 12.8. The van der Waals surface area contributed by atoms with Crippen molar-refractivity contribution in [2.45, 2.75) is 6.61 Å². The van der Waals surface area contributed by atoms with Gasteiger partial charge in [0.15, 0.2) is 11.5 Å². The van der Waals surface area contributed by atoms with Crippen molar-refractivity contribution in [3.05, 3.63) is 57.6 Å². The van der Waals surface area contributed by atoms with Gasteiger partial charge in [0.2, 0.25) is 0 Å². The molecule has 2 aromatic rings. The van der Waals surface area contributed by atoms with Crippen molar-refractivity contribution in [3.63, 3.8) is 0 Å². The lowest BCUT2D eigenvalue weighted by Crippen LogP contribution is -2.13. The standard InChI is InChI=1S/C18H12Cl2F2N2O3/c1-26-15-8-10(5-6-14(15)27-18(21)22)7-11(9-23)17(25)24-13-4-2-3-12(19)16(13)20/h2-8,18H,1H3,(H,24,25). The molecule has 0 aromatic heterocycles. The summed E-state index contributed by atoms with van der Waals surface area (Å²) in [5.41, 5.74) is 0.376. The molecule has 9 heteroatoms. The lowest BCUT2D eigenvalue weighted by atomic mass is 10.1. The topological polar surface area (TPSA) is 71.3 Å². The van der Waals surface area contributed by atoms with Crippen LogP contribution in [0, 0.1) is 11.3 Å². The molecule has 0 aliphatic carbocycles. The average Bonchev–Trinajstić information content (AvgIpc) is 2.63. The third-order valence-electron chi connectivity index (χ3n) is 3.28. The van der Waals surface area contributed by atoms with Crippen LogP contribution in [0.25, 0.3) is 6.08 Å². The normalized spacial score (nSPS) is 11.1. The molecule has 0 atom stereocenters. The van der Waals surface area contributed by atoms with Crippen LogP contribution < -0.4 is 14.8 Å². The highest BCUT2D eigenvalue weighted by atomic mass is 35.5. The van der Waals surface area contributed by atoms with E-state index in [0.717, 1.165) is 0 Å². The van der Waals surface area contributed by atoms with E-state index >= 15 is 0 Å². The Labute approximate surface area is 163 Å². The molecule has 1 amide bonds. The van der Waals surface area contributed by atoms with Gasteiger partial charge in [0.1, 0.15) is 11.6 Å². The van der Waals surface area contributed by atoms with Crippen LogP contribution in [-0.4, -0.2) is 19.6 Å². The highest BCUT2D eigenvalue weighted by Gasteiger charge is 2.14. The molecule has 0 heterocycles. The van der Waals surface area contributed by atoms with E-state index in [0.29, 0.717) is 5.56 Å². The number of halogens is 4. The van der Waals surface area contributed by atoms with Gasteiger partial charge in [-0.1, -0.05) is 35.3 Å². The Bertz CT molecular complexity index is 927. The summed E-state index contributed by atoms with van der Waals surface area (Å²) in [4.78, 5) is 12.3. The maximum Gasteiger partial charge on any atom is 0.387 e. The van der Waals surface area contributed by atoms with E-state index in [-0.39, 0.29) is 32.8 Å². The molecule has 0 spiro atoms. The quantitative estimate of drug-likeness (QED) is 0.525. The Kier molecular flexibility index (Phi) is 6.99. The Balaban J connectivity index is 2.28. The average molecular weight is 413 g/mol. The number of nitriles is 1. The molecule has 140 valence electrons. The summed E-state index contributed by atoms with van der Waals surface area (Å²) in [6, 6.07) is 10.4. The minimum absolute atomic E-state index is 0.0274. The van der Waals surface area contributed by atoms with Gasteiger partial charge < -0.3 is 14.8 Å². The minimum atomic E-state index is -3.01. The van der Waals surface area contributed by atoms with Gasteiger partial charge in [0, 0.05) is 0 Å². The number of nitrogens with zero attached hydrogens (tertiary/aromatic N) is 1. The molecule has 1 N–H and O–H groups in total. The SMILES string of the molecule is COc1cc(C=C(C#N)C(=O)Nc2cccc(Cl)c2Cl)ccc1OC(F)F. The number of methoxy groups -OCH3 is 1. The Hall–Kier alpha value is -2.82. The Morgan fingerprint density at radius 1 is 1.26 bits per heavy atom. The molecule has 0 aliphatic heterocycles. The number of hydrogen-bond donors (Lipinski definition) is 1. The van der Waals surface area contributed by atoms with E-state index in [4.69, 9.17) is 27.9 Å². The second-order valence-electron chi connectivity index (χ2n) is 5.01. The van der Waals surface area contributed by atoms with E-state index in [1.54, 1.807) is 18.2 Å². The molecule has 27 heavy (non-hydrogen) atoms. The second-order valence-corrected chi connectivity index (χ2v) is 5.80. The molecule has 5 nitrogen and oxygen atoms in total. The number of ether oxygens (including phenoxy) is 2. The van der Waals surface area contributed by atoms with Crippen LogP contribution in [0.15, 0.2) is 42.0 Å². The zero-order chi connectivity index (χ0) is 20.0. The van der Waals surface area contributed by atoms with Crippen molar-refractivity contribution in [1.82, 2.24) is 0 Å². The molecule has 0 unspecified atom stereocenters. The summed E-state index contributed by atoms with van der Waals surface area (Å²) < 4.78 is 34.0. The van der Waals surface area contributed by atoms with Gasteiger partial charge in [0.25, 0.3) is 5.91 Å². The minimum Gasteiger partial charge on any atom is -0.493 e. The predicted molar refractivity (Wildman–Crippen MR) is 98.3 cm³/mol. The van der Waals surface area contributed by atoms with Crippen LogP contribution in [0.1, 0.15) is 5.56 Å². The van der Waals surface area contributed by atoms with Crippen molar-refractivity contribution >= 4 is 40.9 Å². The molecule has 0 saturated heterocycles. The van der Waals surface area contributed by atoms with Crippen molar-refractivity contribution in [3.8, 4) is 17.6 Å². The predicted octanol–water partition coefficient (Wildman–Crippen LogP) is 5.15. The largest absolute Gasteiger partial charge is 0.493 e. The fraction of sp³-hybridized carbons (Fsp3) is 0.111. The number of carbonyl (C=O) groups is 1. The van der Waals surface area contributed by atoms with Gasteiger partial charge in [-0.3, -0.25) is 4.79 Å². The van der Waals surface area contributed by atoms with Gasteiger partial charge in [-0.25, -0.2) is 0 Å². The van der Waals surface area contributed by atoms with Crippen LogP contribution in [0.4, 0.5) is 14.5 Å². The molecule has 0 aliphatic rings. The van der Waals surface area contributed by atoms with Crippen molar-refractivity contribution in [1.29, 1.82) is 5.26 Å². The van der Waals surface area contributed by atoms with Gasteiger partial charge in [-0.15, -0.1) is 0 Å². The first kappa shape index (κ1) is 20.5. The zero-order valence-electron chi connectivity index (χ0n) is 13.8. The summed E-state index contributed by atoms with van der Waals surface area (Å²) in [6.07, 6.45) is 1.27. The Morgan fingerprint density at radius 2 is 2.00 bits per heavy atom. The summed E-state index contributed by atoms with van der Waals surface area (Å²) >= 11 is 11.9. The van der Waals surface area contributed by atoms with Crippen LogP contribution in [-0.2, 0) is 4.79 Å². The van der Waals surface area contributed by atoms with Gasteiger partial charge in [-0.2, -0.15) is 14.0 Å². The molecule has 0 saturated carbocycles. The van der Waals surface area contributed by atoms with Crippen LogP contribution in [0.5, 0.6) is 11.5 Å². The molecule has 0 bridgehead atoms. The third-order valence-corrected chi connectivity index (χ3v) is 4.10. The molecule has 2 rings (SSSR count). The lowest BCUT2D eigenvalue weighted by molar-refractivity contribution is -0.112. The van der Waals surface area contributed by atoms with Crippen LogP contribution in [0.2, 0.25) is 10.0 Å². The van der Waals surface area contributed by atoms with E-state index < -0.39 is 12.5 Å². The summed E-state index contributed by atoms with van der Waals surface area (Å²) in [5, 5.41) is 12.1. The van der Waals surface area contributed by atoms with Crippen LogP contribution >= 0.6 is 23.2 Å². The number of benzene rings is 2. The summed E-state index contributed by atoms with van der Waals surface area (Å²) in [6.45, 7) is -3.01. The van der Waals surface area contributed by atoms with E-state index in [9.17, 15) is 18.8 Å². The zero-order valence-corrected chi connectivity index (χ0v) is 15.3. The maximum atomic E-state index is 12.4. The number of hydrogen-bond acceptors (Lipinski definition) is 4. The highest BCUT2D eigenvalue weighted by Crippen LogP contribution is 2.31. The number of alkyl halides is 2. The fourth-order valence-electron chi connectivity index (χ4n) is 2.07. The van der Waals surface area contributed by atoms with Gasteiger partial charge in [0.05, 0.1) is 22.8 Å². The van der Waals surface area contributed by atoms with Gasteiger partial charge >= 0.3 is 6.61 Å². The van der Waals surface area contributed by atoms with E-state index in [1.807, 2.05) is 0 Å². The maximum absolute atomic E-state index is 12.4. The molecule has 0 radical (unpaired) electrons. The summed E-state index contributed by atoms with van der Waals surface area (Å²) in [5.74, 6) is -0.855. The summed E-state index contributed by atoms with van der Waals surface area (Å²) in [7, 11) is 1.28. The smallest absolute Gasteiger partial charge is 0.387 e. The fourth-order valence-corrected chi connectivity index (χ4v) is 2.42. The monoisotopic (exact) mass is 412 g/mol. The first-order valence-corrected chi connectivity index (χ1v) is 8.11. The number of carbonyl (C=O) groups excluding carboxylic acids is 1. The van der Waals surface area contributed by atoms with Crippen LogP contribution in [0.3, 0.4) is 0 Å². The number of rotatable bonds is 6. The molecule has 0 fully saturated rings. The third kappa shape index (κ3) is 5.33. The lowest BCUT2D eigenvalue weighted by Gasteiger charge is -2.10. The van der Waals surface area contributed by atoms with Crippen molar-refractivity contribution in [2.75, 3.05) is 12.4 Å². The Morgan fingerprint density at radius 3 is 2.63 bits per heavy atom. The number of nitrogens with one attached hydrogen (secondary N) is 1. The first-order valence-electron chi connectivity index (χ1n) is 7.35. The van der Waals surface area contributed by atoms with E-state index in [1.165, 1.54) is 37.5 Å². The molecular formula is C18H12Cl2F2N2O3. The second kappa shape index (κ2) is 9.21.